The van der Waals surface area contributed by atoms with Crippen molar-refractivity contribution >= 4 is 33.4 Å². The zero-order valence-corrected chi connectivity index (χ0v) is 18.9. The average Bonchev–Trinajstić information content (AvgIpc) is 3.26. The van der Waals surface area contributed by atoms with Crippen LogP contribution in [-0.4, -0.2) is 76.3 Å². The number of likely N-dealkylation sites (N-methyl/N-ethyl adjacent to an activating group) is 1. The van der Waals surface area contributed by atoms with Crippen molar-refractivity contribution in [3.05, 3.63) is 30.1 Å². The standard InChI is InChI=1S/C19H24FN5O4S2/c1-3-25(10-16(26)21-15-8-9-31(28,29)12-15)17(27)11-30-19-23-22-18(24(19)2)13-4-6-14(20)7-5-13/h4-7,15H,3,8-12H2,1-2H3,(H,21,26)/t15-/m0/s1. The fourth-order valence-electron chi connectivity index (χ4n) is 3.24. The molecule has 0 spiro atoms. The lowest BCUT2D eigenvalue weighted by molar-refractivity contribution is -0.134. The van der Waals surface area contributed by atoms with Gasteiger partial charge in [0, 0.05) is 25.2 Å². The Balaban J connectivity index is 1.54. The number of halogens is 1. The highest BCUT2D eigenvalue weighted by atomic mass is 32.2. The van der Waals surface area contributed by atoms with E-state index in [9.17, 15) is 22.4 Å². The molecule has 1 aromatic heterocycles. The van der Waals surface area contributed by atoms with Crippen molar-refractivity contribution in [1.82, 2.24) is 25.0 Å². The molecule has 9 nitrogen and oxygen atoms in total. The Morgan fingerprint density at radius 3 is 2.61 bits per heavy atom. The van der Waals surface area contributed by atoms with E-state index in [1.807, 2.05) is 0 Å². The van der Waals surface area contributed by atoms with Crippen LogP contribution in [0.1, 0.15) is 13.3 Å². The Bertz CT molecular complexity index is 1060. The number of aromatic nitrogens is 3. The number of thioether (sulfide) groups is 1. The van der Waals surface area contributed by atoms with Gasteiger partial charge in [-0.15, -0.1) is 10.2 Å². The van der Waals surface area contributed by atoms with Gasteiger partial charge in [-0.3, -0.25) is 9.59 Å². The van der Waals surface area contributed by atoms with Gasteiger partial charge in [0.25, 0.3) is 0 Å². The van der Waals surface area contributed by atoms with Crippen LogP contribution in [-0.2, 0) is 26.5 Å². The molecule has 0 saturated carbocycles. The minimum atomic E-state index is -3.09. The summed E-state index contributed by atoms with van der Waals surface area (Å²) in [6.45, 7) is 1.98. The van der Waals surface area contributed by atoms with E-state index in [0.29, 0.717) is 29.5 Å². The highest BCUT2D eigenvalue weighted by molar-refractivity contribution is 7.99. The van der Waals surface area contributed by atoms with Gasteiger partial charge in [0.05, 0.1) is 23.8 Å². The Kier molecular flexibility index (Phi) is 7.31. The fraction of sp³-hybridized carbons (Fsp3) is 0.474. The smallest absolute Gasteiger partial charge is 0.239 e. The zero-order chi connectivity index (χ0) is 22.6. The normalized spacial score (nSPS) is 17.5. The van der Waals surface area contributed by atoms with Crippen molar-refractivity contribution in [2.75, 3.05) is 30.3 Å². The summed E-state index contributed by atoms with van der Waals surface area (Å²) < 4.78 is 37.9. The van der Waals surface area contributed by atoms with E-state index in [1.165, 1.54) is 28.8 Å². The molecule has 0 aliphatic carbocycles. The van der Waals surface area contributed by atoms with E-state index >= 15 is 0 Å². The number of hydrogen-bond acceptors (Lipinski definition) is 7. The number of carbonyl (C=O) groups excluding carboxylic acids is 2. The van der Waals surface area contributed by atoms with Gasteiger partial charge >= 0.3 is 0 Å². The molecule has 12 heteroatoms. The predicted octanol–water partition coefficient (Wildman–Crippen LogP) is 0.865. The summed E-state index contributed by atoms with van der Waals surface area (Å²) in [7, 11) is -1.33. The predicted molar refractivity (Wildman–Crippen MR) is 115 cm³/mol. The van der Waals surface area contributed by atoms with E-state index in [2.05, 4.69) is 15.5 Å². The number of nitrogens with zero attached hydrogens (tertiary/aromatic N) is 4. The van der Waals surface area contributed by atoms with E-state index < -0.39 is 15.9 Å². The summed E-state index contributed by atoms with van der Waals surface area (Å²) in [5.41, 5.74) is 0.704. The second kappa shape index (κ2) is 9.77. The second-order valence-electron chi connectivity index (χ2n) is 7.24. The Morgan fingerprint density at radius 2 is 2.00 bits per heavy atom. The van der Waals surface area contributed by atoms with Crippen molar-refractivity contribution in [2.24, 2.45) is 7.05 Å². The molecule has 2 heterocycles. The highest BCUT2D eigenvalue weighted by Crippen LogP contribution is 2.23. The van der Waals surface area contributed by atoms with Crippen LogP contribution < -0.4 is 5.32 Å². The van der Waals surface area contributed by atoms with E-state index in [1.54, 1.807) is 30.7 Å². The molecule has 31 heavy (non-hydrogen) atoms. The zero-order valence-electron chi connectivity index (χ0n) is 17.2. The van der Waals surface area contributed by atoms with Gasteiger partial charge in [0.2, 0.25) is 11.8 Å². The molecular formula is C19H24FN5O4S2. The van der Waals surface area contributed by atoms with Gasteiger partial charge in [0.1, 0.15) is 5.82 Å². The molecule has 2 amide bonds. The molecule has 168 valence electrons. The molecule has 1 aliphatic heterocycles. The molecule has 0 bridgehead atoms. The largest absolute Gasteiger partial charge is 0.351 e. The number of carbonyl (C=O) groups is 2. The molecule has 1 aliphatic rings. The van der Waals surface area contributed by atoms with Crippen LogP contribution in [0.15, 0.2) is 29.4 Å². The number of rotatable bonds is 8. The summed E-state index contributed by atoms with van der Waals surface area (Å²) in [6, 6.07) is 5.49. The third-order valence-electron chi connectivity index (χ3n) is 4.93. The Morgan fingerprint density at radius 1 is 1.29 bits per heavy atom. The first-order valence-corrected chi connectivity index (χ1v) is 12.5. The molecular weight excluding hydrogens is 445 g/mol. The SMILES string of the molecule is CCN(CC(=O)N[C@H]1CCS(=O)(=O)C1)C(=O)CSc1nnc(-c2ccc(F)cc2)n1C. The van der Waals surface area contributed by atoms with Gasteiger partial charge in [0.15, 0.2) is 20.8 Å². The summed E-state index contributed by atoms with van der Waals surface area (Å²) in [6.07, 6.45) is 0.395. The minimum Gasteiger partial charge on any atom is -0.351 e. The number of benzene rings is 1. The maximum absolute atomic E-state index is 13.1. The number of hydrogen-bond donors (Lipinski definition) is 1. The van der Waals surface area contributed by atoms with Crippen molar-refractivity contribution in [2.45, 2.75) is 24.5 Å². The first-order chi connectivity index (χ1) is 14.7. The Labute approximate surface area is 184 Å². The van der Waals surface area contributed by atoms with Crippen molar-refractivity contribution < 1.29 is 22.4 Å². The van der Waals surface area contributed by atoms with Crippen LogP contribution in [0, 0.1) is 5.82 Å². The van der Waals surface area contributed by atoms with Crippen molar-refractivity contribution in [3.8, 4) is 11.4 Å². The molecule has 0 radical (unpaired) electrons. The quantitative estimate of drug-likeness (QED) is 0.571. The van der Waals surface area contributed by atoms with Gasteiger partial charge < -0.3 is 14.8 Å². The number of nitrogens with one attached hydrogen (secondary N) is 1. The molecule has 1 atom stereocenters. The lowest BCUT2D eigenvalue weighted by atomic mass is 10.2. The van der Waals surface area contributed by atoms with Crippen LogP contribution in [0.2, 0.25) is 0 Å². The molecule has 0 unspecified atom stereocenters. The van der Waals surface area contributed by atoms with Crippen LogP contribution in [0.3, 0.4) is 0 Å². The van der Waals surface area contributed by atoms with Gasteiger partial charge in [-0.1, -0.05) is 11.8 Å². The first-order valence-electron chi connectivity index (χ1n) is 9.74. The lowest BCUT2D eigenvalue weighted by Crippen LogP contribution is -2.45. The summed E-state index contributed by atoms with van der Waals surface area (Å²) >= 11 is 1.19. The van der Waals surface area contributed by atoms with Crippen LogP contribution in [0.5, 0.6) is 0 Å². The van der Waals surface area contributed by atoms with E-state index in [4.69, 9.17) is 0 Å². The fourth-order valence-corrected chi connectivity index (χ4v) is 5.73. The summed E-state index contributed by atoms with van der Waals surface area (Å²) in [4.78, 5) is 26.2. The topological polar surface area (TPSA) is 114 Å². The van der Waals surface area contributed by atoms with Crippen LogP contribution in [0.25, 0.3) is 11.4 Å². The molecule has 1 fully saturated rings. The molecule has 3 rings (SSSR count). The summed E-state index contributed by atoms with van der Waals surface area (Å²) in [5.74, 6) is -0.334. The van der Waals surface area contributed by atoms with Gasteiger partial charge in [-0.2, -0.15) is 0 Å². The van der Waals surface area contributed by atoms with Crippen LogP contribution >= 0.6 is 11.8 Å². The van der Waals surface area contributed by atoms with Crippen LogP contribution in [0.4, 0.5) is 4.39 Å². The summed E-state index contributed by atoms with van der Waals surface area (Å²) in [5, 5.41) is 11.4. The number of amides is 2. The average molecular weight is 470 g/mol. The monoisotopic (exact) mass is 469 g/mol. The molecule has 1 saturated heterocycles. The number of sulfone groups is 1. The third kappa shape index (κ3) is 6.03. The molecule has 2 aromatic rings. The van der Waals surface area contributed by atoms with Gasteiger partial charge in [-0.05, 0) is 37.6 Å². The minimum absolute atomic E-state index is 0.0583. The molecule has 1 aromatic carbocycles. The third-order valence-corrected chi connectivity index (χ3v) is 7.70. The first kappa shape index (κ1) is 23.2. The second-order valence-corrected chi connectivity index (χ2v) is 10.4. The highest BCUT2D eigenvalue weighted by Gasteiger charge is 2.29. The van der Waals surface area contributed by atoms with Gasteiger partial charge in [-0.25, -0.2) is 12.8 Å². The lowest BCUT2D eigenvalue weighted by Gasteiger charge is -2.21. The van der Waals surface area contributed by atoms with Crippen molar-refractivity contribution in [1.29, 1.82) is 0 Å². The maximum Gasteiger partial charge on any atom is 0.239 e. The van der Waals surface area contributed by atoms with E-state index in [-0.39, 0.29) is 41.4 Å². The van der Waals surface area contributed by atoms with Crippen molar-refractivity contribution in [3.63, 3.8) is 0 Å². The molecule has 1 N–H and O–H groups in total. The maximum atomic E-state index is 13.1. The van der Waals surface area contributed by atoms with E-state index in [0.717, 1.165) is 0 Å². The Hall–Kier alpha value is -2.47.